The van der Waals surface area contributed by atoms with E-state index in [9.17, 15) is 14.2 Å². The lowest BCUT2D eigenvalue weighted by molar-refractivity contribution is -0.138. The van der Waals surface area contributed by atoms with Gasteiger partial charge in [-0.2, -0.15) is 9.05 Å². The first kappa shape index (κ1) is 19.0. The zero-order valence-corrected chi connectivity index (χ0v) is 13.5. The van der Waals surface area contributed by atoms with Gasteiger partial charge in [-0.1, -0.05) is 52.4 Å². The van der Waals surface area contributed by atoms with Crippen LogP contribution in [0.3, 0.4) is 0 Å². The third-order valence-electron chi connectivity index (χ3n) is 2.82. The zero-order valence-electron chi connectivity index (χ0n) is 12.6. The van der Waals surface area contributed by atoms with Crippen molar-refractivity contribution in [3.63, 3.8) is 0 Å². The monoisotopic (exact) mass is 305 g/mol. The van der Waals surface area contributed by atoms with Crippen LogP contribution in [0.15, 0.2) is 0 Å². The number of rotatable bonds is 12. The lowest BCUT2D eigenvalue weighted by Gasteiger charge is -1.96. The highest BCUT2D eigenvalue weighted by atomic mass is 31.1. The van der Waals surface area contributed by atoms with Crippen LogP contribution < -0.4 is 0 Å². The summed E-state index contributed by atoms with van der Waals surface area (Å²) in [6.07, 6.45) is 8.03. The molecule has 6 heteroatoms. The fourth-order valence-electron chi connectivity index (χ4n) is 1.67. The molecular formula is C14H26O5P+. The molecule has 0 rings (SSSR count). The quantitative estimate of drug-likeness (QED) is 0.387. The van der Waals surface area contributed by atoms with E-state index in [4.69, 9.17) is 0 Å². The molecule has 0 atom stereocenters. The summed E-state index contributed by atoms with van der Waals surface area (Å²) >= 11 is 0. The van der Waals surface area contributed by atoms with E-state index in [2.05, 4.69) is 22.9 Å². The number of carbonyl (C=O) groups is 2. The second-order valence-electron chi connectivity index (χ2n) is 4.77. The Morgan fingerprint density at radius 1 is 0.750 bits per heavy atom. The van der Waals surface area contributed by atoms with Gasteiger partial charge >= 0.3 is 20.2 Å². The molecule has 0 fully saturated rings. The van der Waals surface area contributed by atoms with Crippen molar-refractivity contribution in [3.8, 4) is 0 Å². The molecule has 116 valence electrons. The summed E-state index contributed by atoms with van der Waals surface area (Å²) in [5, 5.41) is 0. The Labute approximate surface area is 122 Å². The summed E-state index contributed by atoms with van der Waals surface area (Å²) in [7, 11) is -2.66. The molecule has 0 aromatic carbocycles. The van der Waals surface area contributed by atoms with Crippen LogP contribution >= 0.6 is 8.25 Å². The molecule has 0 aromatic heterocycles. The fourth-order valence-corrected chi connectivity index (χ4v) is 2.22. The van der Waals surface area contributed by atoms with Crippen molar-refractivity contribution < 1.29 is 23.2 Å². The van der Waals surface area contributed by atoms with E-state index in [-0.39, 0.29) is 12.8 Å². The minimum Gasteiger partial charge on any atom is -0.247 e. The molecule has 0 aliphatic heterocycles. The fraction of sp³-hybridized carbons (Fsp3) is 0.857. The number of unbranched alkanes of at least 4 members (excludes halogenated alkanes) is 6. The first-order chi connectivity index (χ1) is 9.60. The van der Waals surface area contributed by atoms with Crippen molar-refractivity contribution in [1.82, 2.24) is 0 Å². The van der Waals surface area contributed by atoms with Crippen molar-refractivity contribution in [2.75, 3.05) is 0 Å². The van der Waals surface area contributed by atoms with Gasteiger partial charge in [-0.15, -0.1) is 0 Å². The maximum absolute atomic E-state index is 11.3. The van der Waals surface area contributed by atoms with Crippen LogP contribution in [0.2, 0.25) is 0 Å². The standard InChI is InChI=1S/C14H26O5P/c1-3-5-7-9-11-13(15)18-20(17)19-14(16)12-10-8-6-4-2/h3-12H2,1-2H3/q+1. The van der Waals surface area contributed by atoms with Crippen molar-refractivity contribution in [3.05, 3.63) is 0 Å². The van der Waals surface area contributed by atoms with Gasteiger partial charge in [0, 0.05) is 4.57 Å². The SMILES string of the molecule is CCCCCCC(=O)O[P+](=O)OC(=O)CCCCCC. The highest BCUT2D eigenvalue weighted by molar-refractivity contribution is 7.34. The summed E-state index contributed by atoms with van der Waals surface area (Å²) in [5.41, 5.74) is 0. The van der Waals surface area contributed by atoms with Crippen LogP contribution in [-0.2, 0) is 23.2 Å². The Balaban J connectivity index is 3.64. The Morgan fingerprint density at radius 2 is 1.15 bits per heavy atom. The second-order valence-corrected chi connectivity index (χ2v) is 5.58. The summed E-state index contributed by atoms with van der Waals surface area (Å²) < 4.78 is 20.4. The smallest absolute Gasteiger partial charge is 0.247 e. The molecule has 0 heterocycles. The van der Waals surface area contributed by atoms with E-state index in [0.717, 1.165) is 38.5 Å². The molecule has 0 aromatic rings. The second kappa shape index (κ2) is 13.0. The van der Waals surface area contributed by atoms with Gasteiger partial charge in [0.2, 0.25) is 0 Å². The molecule has 0 saturated heterocycles. The maximum Gasteiger partial charge on any atom is 0.811 e. The summed E-state index contributed by atoms with van der Waals surface area (Å²) in [5.74, 6) is -1.14. The molecule has 0 aliphatic rings. The molecule has 20 heavy (non-hydrogen) atoms. The van der Waals surface area contributed by atoms with E-state index in [0.29, 0.717) is 12.8 Å². The highest BCUT2D eigenvalue weighted by Gasteiger charge is 2.30. The van der Waals surface area contributed by atoms with Crippen molar-refractivity contribution in [2.24, 2.45) is 0 Å². The van der Waals surface area contributed by atoms with E-state index >= 15 is 0 Å². The van der Waals surface area contributed by atoms with Gasteiger partial charge in [0.1, 0.15) is 0 Å². The van der Waals surface area contributed by atoms with Crippen LogP contribution in [0.5, 0.6) is 0 Å². The molecule has 0 aliphatic carbocycles. The number of carbonyl (C=O) groups excluding carboxylic acids is 2. The largest absolute Gasteiger partial charge is 0.811 e. The average Bonchev–Trinajstić information content (AvgIpc) is 2.39. The average molecular weight is 305 g/mol. The van der Waals surface area contributed by atoms with Gasteiger partial charge in [-0.3, -0.25) is 0 Å². The van der Waals surface area contributed by atoms with Crippen molar-refractivity contribution in [1.29, 1.82) is 0 Å². The molecule has 0 unspecified atom stereocenters. The first-order valence-electron chi connectivity index (χ1n) is 7.49. The topological polar surface area (TPSA) is 69.7 Å². The molecule has 0 saturated carbocycles. The number of hydrogen-bond acceptors (Lipinski definition) is 5. The van der Waals surface area contributed by atoms with E-state index in [1.165, 1.54) is 0 Å². The third kappa shape index (κ3) is 12.1. The molecule has 0 amide bonds. The molecular weight excluding hydrogens is 279 g/mol. The first-order valence-corrected chi connectivity index (χ1v) is 8.58. The predicted molar refractivity (Wildman–Crippen MR) is 77.3 cm³/mol. The Hall–Kier alpha value is -0.960. The van der Waals surface area contributed by atoms with E-state index in [1.807, 2.05) is 0 Å². The normalized spacial score (nSPS) is 10.1. The van der Waals surface area contributed by atoms with E-state index in [1.54, 1.807) is 0 Å². The van der Waals surface area contributed by atoms with Gasteiger partial charge in [0.25, 0.3) is 0 Å². The Bertz CT molecular complexity index is 276. The Kier molecular flexibility index (Phi) is 12.4. The molecule has 0 radical (unpaired) electrons. The summed E-state index contributed by atoms with van der Waals surface area (Å²) in [6, 6.07) is 0. The molecule has 0 N–H and O–H groups in total. The summed E-state index contributed by atoms with van der Waals surface area (Å²) in [6.45, 7) is 4.16. The van der Waals surface area contributed by atoms with E-state index < -0.39 is 20.2 Å². The van der Waals surface area contributed by atoms with Crippen molar-refractivity contribution >= 4 is 20.2 Å². The predicted octanol–water partition coefficient (Wildman–Crippen LogP) is 4.67. The molecule has 5 nitrogen and oxygen atoms in total. The Morgan fingerprint density at radius 3 is 1.50 bits per heavy atom. The third-order valence-corrected chi connectivity index (χ3v) is 3.53. The molecule has 0 bridgehead atoms. The minimum atomic E-state index is -2.66. The maximum atomic E-state index is 11.3. The highest BCUT2D eigenvalue weighted by Crippen LogP contribution is 2.26. The van der Waals surface area contributed by atoms with Crippen LogP contribution in [0.4, 0.5) is 0 Å². The van der Waals surface area contributed by atoms with Crippen LogP contribution in [0.1, 0.15) is 78.1 Å². The minimum absolute atomic E-state index is 0.217. The zero-order chi connectivity index (χ0) is 15.2. The van der Waals surface area contributed by atoms with Gasteiger partial charge < -0.3 is 0 Å². The van der Waals surface area contributed by atoms with Crippen LogP contribution in [0, 0.1) is 0 Å². The molecule has 0 spiro atoms. The lowest BCUT2D eigenvalue weighted by atomic mass is 10.2. The van der Waals surface area contributed by atoms with Crippen LogP contribution in [-0.4, -0.2) is 11.9 Å². The van der Waals surface area contributed by atoms with Crippen LogP contribution in [0.25, 0.3) is 0 Å². The lowest BCUT2D eigenvalue weighted by Crippen LogP contribution is -2.03. The summed E-state index contributed by atoms with van der Waals surface area (Å²) in [4.78, 5) is 22.6. The van der Waals surface area contributed by atoms with Gasteiger partial charge in [0.15, 0.2) is 0 Å². The van der Waals surface area contributed by atoms with Gasteiger partial charge in [-0.05, 0) is 12.8 Å². The number of hydrogen-bond donors (Lipinski definition) is 0. The van der Waals surface area contributed by atoms with Crippen molar-refractivity contribution in [2.45, 2.75) is 78.1 Å². The van der Waals surface area contributed by atoms with Gasteiger partial charge in [-0.25, -0.2) is 9.59 Å². The van der Waals surface area contributed by atoms with Gasteiger partial charge in [0.05, 0.1) is 12.8 Å².